The minimum absolute atomic E-state index is 0.0293. The number of aromatic nitrogens is 1. The van der Waals surface area contributed by atoms with Gasteiger partial charge in [-0.1, -0.05) is 23.2 Å². The van der Waals surface area contributed by atoms with Crippen molar-refractivity contribution in [1.82, 2.24) is 10.3 Å². The number of aliphatic hydroxyl groups is 1. The highest BCUT2D eigenvalue weighted by Gasteiger charge is 2.20. The molecule has 1 aromatic heterocycles. The monoisotopic (exact) mass is 292 g/mol. The van der Waals surface area contributed by atoms with Crippen molar-refractivity contribution in [1.29, 1.82) is 0 Å². The first-order chi connectivity index (χ1) is 8.43. The van der Waals surface area contributed by atoms with E-state index in [1.54, 1.807) is 0 Å². The van der Waals surface area contributed by atoms with Crippen molar-refractivity contribution >= 4 is 35.1 Å². The topological polar surface area (TPSA) is 99.5 Å². The van der Waals surface area contributed by atoms with Crippen molar-refractivity contribution in [3.8, 4) is 0 Å². The molecular formula is C10H10Cl2N2O4. The van der Waals surface area contributed by atoms with Crippen LogP contribution in [0.5, 0.6) is 0 Å². The van der Waals surface area contributed by atoms with E-state index in [1.807, 2.05) is 0 Å². The second-order valence-corrected chi connectivity index (χ2v) is 4.15. The van der Waals surface area contributed by atoms with E-state index in [9.17, 15) is 9.59 Å². The van der Waals surface area contributed by atoms with Crippen LogP contribution in [0.2, 0.25) is 10.3 Å². The number of aliphatic hydroxyl groups excluding tert-OH is 1. The number of rotatable bonds is 5. The molecule has 3 N–H and O–H groups in total. The molecule has 18 heavy (non-hydrogen) atoms. The third kappa shape index (κ3) is 4.14. The summed E-state index contributed by atoms with van der Waals surface area (Å²) in [7, 11) is 0. The summed E-state index contributed by atoms with van der Waals surface area (Å²) in [4.78, 5) is 26.2. The molecule has 0 aromatic carbocycles. The number of pyridine rings is 1. The van der Waals surface area contributed by atoms with Crippen molar-refractivity contribution in [2.75, 3.05) is 6.61 Å². The lowest BCUT2D eigenvalue weighted by molar-refractivity contribution is -0.139. The van der Waals surface area contributed by atoms with E-state index in [4.69, 9.17) is 33.4 Å². The molecule has 1 heterocycles. The SMILES string of the molecule is O=C(NC(CCO)C(=O)O)c1cc(Cl)nc(Cl)c1. The Kier molecular flexibility index (Phi) is 5.33. The van der Waals surface area contributed by atoms with Gasteiger partial charge in [-0.05, 0) is 12.1 Å². The smallest absolute Gasteiger partial charge is 0.326 e. The van der Waals surface area contributed by atoms with Gasteiger partial charge in [-0.25, -0.2) is 9.78 Å². The van der Waals surface area contributed by atoms with Crippen molar-refractivity contribution in [2.24, 2.45) is 0 Å². The average Bonchev–Trinajstić information content (AvgIpc) is 2.26. The summed E-state index contributed by atoms with van der Waals surface area (Å²) in [6, 6.07) is 1.36. The number of amides is 1. The number of hydrogen-bond acceptors (Lipinski definition) is 4. The van der Waals surface area contributed by atoms with E-state index in [0.717, 1.165) is 0 Å². The quantitative estimate of drug-likeness (QED) is 0.702. The van der Waals surface area contributed by atoms with Crippen LogP contribution in [0.25, 0.3) is 0 Å². The van der Waals surface area contributed by atoms with Crippen molar-refractivity contribution in [3.05, 3.63) is 28.0 Å². The Morgan fingerprint density at radius 1 is 1.33 bits per heavy atom. The van der Waals surface area contributed by atoms with E-state index in [-0.39, 0.29) is 28.9 Å². The summed E-state index contributed by atoms with van der Waals surface area (Å²) in [5.74, 6) is -1.88. The Balaban J connectivity index is 2.83. The second-order valence-electron chi connectivity index (χ2n) is 3.38. The van der Waals surface area contributed by atoms with Gasteiger partial charge in [-0.2, -0.15) is 0 Å². The third-order valence-corrected chi connectivity index (χ3v) is 2.43. The fourth-order valence-electron chi connectivity index (χ4n) is 1.22. The van der Waals surface area contributed by atoms with Gasteiger partial charge in [-0.3, -0.25) is 4.79 Å². The number of carboxylic acid groups (broad SMARTS) is 1. The van der Waals surface area contributed by atoms with E-state index in [2.05, 4.69) is 10.3 Å². The van der Waals surface area contributed by atoms with Gasteiger partial charge < -0.3 is 15.5 Å². The van der Waals surface area contributed by atoms with Crippen LogP contribution in [0.3, 0.4) is 0 Å². The highest BCUT2D eigenvalue weighted by Crippen LogP contribution is 2.14. The summed E-state index contributed by atoms with van der Waals surface area (Å²) < 4.78 is 0. The van der Waals surface area contributed by atoms with Crippen LogP contribution in [0.4, 0.5) is 0 Å². The molecule has 0 spiro atoms. The average molecular weight is 293 g/mol. The number of halogens is 2. The highest BCUT2D eigenvalue weighted by molar-refractivity contribution is 6.33. The van der Waals surface area contributed by atoms with E-state index >= 15 is 0 Å². The Labute approximate surface area is 113 Å². The molecule has 1 atom stereocenters. The van der Waals surface area contributed by atoms with Gasteiger partial charge in [-0.15, -0.1) is 0 Å². The molecule has 1 amide bonds. The molecule has 8 heteroatoms. The summed E-state index contributed by atoms with van der Waals surface area (Å²) in [6.07, 6.45) is -0.0897. The van der Waals surface area contributed by atoms with Crippen LogP contribution in [-0.4, -0.2) is 39.7 Å². The van der Waals surface area contributed by atoms with Gasteiger partial charge in [0.1, 0.15) is 16.3 Å². The van der Waals surface area contributed by atoms with E-state index in [1.165, 1.54) is 12.1 Å². The number of carbonyl (C=O) groups excluding carboxylic acids is 1. The molecule has 1 rings (SSSR count). The van der Waals surface area contributed by atoms with Crippen LogP contribution in [0.15, 0.2) is 12.1 Å². The summed E-state index contributed by atoms with van der Waals surface area (Å²) in [5, 5.41) is 19.8. The highest BCUT2D eigenvalue weighted by atomic mass is 35.5. The molecule has 0 saturated carbocycles. The fraction of sp³-hybridized carbons (Fsp3) is 0.300. The Morgan fingerprint density at radius 3 is 2.33 bits per heavy atom. The first-order valence-electron chi connectivity index (χ1n) is 4.91. The number of nitrogens with zero attached hydrogens (tertiary/aromatic N) is 1. The van der Waals surface area contributed by atoms with E-state index in [0.29, 0.717) is 0 Å². The van der Waals surface area contributed by atoms with Crippen molar-refractivity contribution in [2.45, 2.75) is 12.5 Å². The molecule has 0 saturated heterocycles. The molecule has 0 aliphatic heterocycles. The van der Waals surface area contributed by atoms with Crippen molar-refractivity contribution < 1.29 is 19.8 Å². The number of aliphatic carboxylic acids is 1. The first kappa shape index (κ1) is 14.7. The molecule has 1 aromatic rings. The van der Waals surface area contributed by atoms with Gasteiger partial charge >= 0.3 is 5.97 Å². The molecule has 1 unspecified atom stereocenters. The molecule has 0 aliphatic rings. The number of carbonyl (C=O) groups is 2. The Morgan fingerprint density at radius 2 is 1.89 bits per heavy atom. The van der Waals surface area contributed by atoms with E-state index < -0.39 is 17.9 Å². The zero-order valence-corrected chi connectivity index (χ0v) is 10.6. The fourth-order valence-corrected chi connectivity index (χ4v) is 1.68. The number of hydrogen-bond donors (Lipinski definition) is 3. The number of carboxylic acids is 1. The van der Waals surface area contributed by atoms with Gasteiger partial charge in [0.05, 0.1) is 0 Å². The van der Waals surface area contributed by atoms with Crippen LogP contribution in [0.1, 0.15) is 16.8 Å². The lowest BCUT2D eigenvalue weighted by Gasteiger charge is -2.13. The molecule has 6 nitrogen and oxygen atoms in total. The molecule has 0 aliphatic carbocycles. The predicted octanol–water partition coefficient (Wildman–Crippen LogP) is 0.954. The summed E-state index contributed by atoms with van der Waals surface area (Å²) in [5.41, 5.74) is 0.101. The molecule has 0 fully saturated rings. The first-order valence-corrected chi connectivity index (χ1v) is 5.67. The van der Waals surface area contributed by atoms with Gasteiger partial charge in [0.2, 0.25) is 0 Å². The zero-order valence-electron chi connectivity index (χ0n) is 9.06. The third-order valence-electron chi connectivity index (χ3n) is 2.05. The molecular weight excluding hydrogens is 283 g/mol. The molecule has 0 bridgehead atoms. The Bertz CT molecular complexity index is 447. The van der Waals surface area contributed by atoms with Crippen LogP contribution in [-0.2, 0) is 4.79 Å². The second kappa shape index (κ2) is 6.53. The number of nitrogens with one attached hydrogen (secondary N) is 1. The zero-order chi connectivity index (χ0) is 13.7. The van der Waals surface area contributed by atoms with Gasteiger partial charge in [0, 0.05) is 18.6 Å². The maximum atomic E-state index is 11.7. The minimum atomic E-state index is -1.23. The largest absolute Gasteiger partial charge is 0.480 e. The molecule has 98 valence electrons. The van der Waals surface area contributed by atoms with Gasteiger partial charge in [0.25, 0.3) is 5.91 Å². The maximum Gasteiger partial charge on any atom is 0.326 e. The minimum Gasteiger partial charge on any atom is -0.480 e. The predicted molar refractivity (Wildman–Crippen MR) is 64.8 cm³/mol. The normalized spacial score (nSPS) is 11.9. The maximum absolute atomic E-state index is 11.7. The Hall–Kier alpha value is -1.37. The van der Waals surface area contributed by atoms with Gasteiger partial charge in [0.15, 0.2) is 0 Å². The van der Waals surface area contributed by atoms with Crippen LogP contribution < -0.4 is 5.32 Å². The standard InChI is InChI=1S/C10H10Cl2N2O4/c11-7-3-5(4-8(12)14-7)9(16)13-6(1-2-15)10(17)18/h3-4,6,15H,1-2H2,(H,13,16)(H,17,18). The van der Waals surface area contributed by atoms with Crippen molar-refractivity contribution in [3.63, 3.8) is 0 Å². The summed E-state index contributed by atoms with van der Waals surface area (Å²) >= 11 is 11.2. The molecule has 0 radical (unpaired) electrons. The van der Waals surface area contributed by atoms with Crippen LogP contribution in [0, 0.1) is 0 Å². The van der Waals surface area contributed by atoms with Crippen LogP contribution >= 0.6 is 23.2 Å². The lowest BCUT2D eigenvalue weighted by atomic mass is 10.2. The lowest BCUT2D eigenvalue weighted by Crippen LogP contribution is -2.41. The summed E-state index contributed by atoms with van der Waals surface area (Å²) in [6.45, 7) is -0.352.